The van der Waals surface area contributed by atoms with E-state index in [1.807, 2.05) is 45.9 Å². The summed E-state index contributed by atoms with van der Waals surface area (Å²) < 4.78 is 1.14. The van der Waals surface area contributed by atoms with Gasteiger partial charge in [-0.05, 0) is 35.1 Å². The number of phenols is 2. The first kappa shape index (κ1) is 24.6. The van der Waals surface area contributed by atoms with Crippen LogP contribution >= 0.6 is 0 Å². The Balaban J connectivity index is 1.82. The summed E-state index contributed by atoms with van der Waals surface area (Å²) >= 11 is 0. The van der Waals surface area contributed by atoms with E-state index >= 15 is 0 Å². The standard InChI is InChI=1S/C32H25NO6/c1-14(2)16-10-7-11-17(15(3)4)26(16)33-31(38)22-12-20-21(13-23(22)32(33)39)30(37)25-24(29(20)36)27(34)18-8-5-6-9-19(18)28(25)35/h5-15,34-35H,1-4H3. The third-order valence-electron chi connectivity index (χ3n) is 7.70. The van der Waals surface area contributed by atoms with E-state index in [2.05, 4.69) is 0 Å². The highest BCUT2D eigenvalue weighted by Gasteiger charge is 2.25. The minimum Gasteiger partial charge on any atom is -0.506 e. The number of hydrogen-bond donors (Lipinski definition) is 2. The summed E-state index contributed by atoms with van der Waals surface area (Å²) in [5.74, 6) is -0.790. The molecular formula is C32H25NO6. The molecule has 0 aliphatic rings. The highest BCUT2D eigenvalue weighted by Crippen LogP contribution is 2.39. The largest absolute Gasteiger partial charge is 0.506 e. The molecule has 194 valence electrons. The van der Waals surface area contributed by atoms with E-state index in [1.165, 1.54) is 12.1 Å². The SMILES string of the molecule is CC(C)c1cccc(C(C)C)c1-n1c(=O)c2cc3c(=O)c4c(O)c5ccccc5c(O)c4c(=O)c3cc2c1=O. The summed E-state index contributed by atoms with van der Waals surface area (Å²) in [5.41, 5.74) is -0.374. The van der Waals surface area contributed by atoms with Crippen LogP contribution in [0.5, 0.6) is 11.5 Å². The number of benzene rings is 5. The molecule has 0 unspecified atom stereocenters. The van der Waals surface area contributed by atoms with Gasteiger partial charge >= 0.3 is 0 Å². The lowest BCUT2D eigenvalue weighted by Crippen LogP contribution is -2.26. The van der Waals surface area contributed by atoms with Crippen molar-refractivity contribution in [2.75, 3.05) is 0 Å². The van der Waals surface area contributed by atoms with E-state index in [0.717, 1.165) is 15.7 Å². The fourth-order valence-electron chi connectivity index (χ4n) is 5.75. The zero-order chi connectivity index (χ0) is 27.9. The molecule has 0 saturated heterocycles. The van der Waals surface area contributed by atoms with Gasteiger partial charge < -0.3 is 10.2 Å². The average Bonchev–Trinajstić information content (AvgIpc) is 3.16. The van der Waals surface area contributed by atoms with Crippen molar-refractivity contribution >= 4 is 43.1 Å². The van der Waals surface area contributed by atoms with Crippen LogP contribution in [0.2, 0.25) is 0 Å². The highest BCUT2D eigenvalue weighted by atomic mass is 16.3. The van der Waals surface area contributed by atoms with Crippen molar-refractivity contribution in [3.63, 3.8) is 0 Å². The molecule has 6 rings (SSSR count). The van der Waals surface area contributed by atoms with Crippen LogP contribution in [0.25, 0.3) is 48.8 Å². The normalized spacial score (nSPS) is 12.2. The smallest absolute Gasteiger partial charge is 0.266 e. The van der Waals surface area contributed by atoms with Crippen molar-refractivity contribution in [1.82, 2.24) is 4.57 Å². The van der Waals surface area contributed by atoms with E-state index in [4.69, 9.17) is 0 Å². The number of nitrogens with zero attached hydrogens (tertiary/aromatic N) is 1. The monoisotopic (exact) mass is 519 g/mol. The molecule has 0 atom stereocenters. The summed E-state index contributed by atoms with van der Waals surface area (Å²) in [6.45, 7) is 7.93. The van der Waals surface area contributed by atoms with Crippen molar-refractivity contribution in [2.45, 2.75) is 39.5 Å². The summed E-state index contributed by atoms with van der Waals surface area (Å²) in [5, 5.41) is 21.6. The Bertz CT molecular complexity index is 2080. The fraction of sp³-hybridized carbons (Fsp3) is 0.188. The molecule has 39 heavy (non-hydrogen) atoms. The number of fused-ring (bicyclic) bond motifs is 4. The zero-order valence-electron chi connectivity index (χ0n) is 21.8. The van der Waals surface area contributed by atoms with Crippen molar-refractivity contribution < 1.29 is 10.2 Å². The number of phenolic OH excluding ortho intramolecular Hbond substituents is 2. The first-order valence-electron chi connectivity index (χ1n) is 12.8. The first-order valence-corrected chi connectivity index (χ1v) is 12.8. The van der Waals surface area contributed by atoms with Gasteiger partial charge in [0.1, 0.15) is 11.5 Å². The van der Waals surface area contributed by atoms with Gasteiger partial charge in [-0.1, -0.05) is 70.2 Å². The van der Waals surface area contributed by atoms with Gasteiger partial charge in [-0.3, -0.25) is 19.2 Å². The van der Waals surface area contributed by atoms with Crippen molar-refractivity contribution in [1.29, 1.82) is 0 Å². The third kappa shape index (κ3) is 3.22. The molecule has 1 aromatic heterocycles. The maximum absolute atomic E-state index is 13.8. The Morgan fingerprint density at radius 1 is 0.564 bits per heavy atom. The van der Waals surface area contributed by atoms with E-state index in [1.54, 1.807) is 24.3 Å². The molecule has 7 heteroatoms. The third-order valence-corrected chi connectivity index (χ3v) is 7.70. The molecule has 0 bridgehead atoms. The number of aromatic nitrogens is 1. The predicted octanol–water partition coefficient (Wildman–Crippen LogP) is 5.06. The van der Waals surface area contributed by atoms with Crippen LogP contribution in [0.4, 0.5) is 0 Å². The van der Waals surface area contributed by atoms with Gasteiger partial charge in [-0.25, -0.2) is 4.57 Å². The van der Waals surface area contributed by atoms with Crippen molar-refractivity contribution in [3.05, 3.63) is 107 Å². The molecule has 0 aliphatic heterocycles. The van der Waals surface area contributed by atoms with Gasteiger partial charge in [0, 0.05) is 21.5 Å². The van der Waals surface area contributed by atoms with Gasteiger partial charge in [0.2, 0.25) is 0 Å². The Hall–Kier alpha value is -4.78. The van der Waals surface area contributed by atoms with Crippen LogP contribution < -0.4 is 22.0 Å². The molecule has 1 heterocycles. The van der Waals surface area contributed by atoms with Crippen LogP contribution in [0.3, 0.4) is 0 Å². The molecular weight excluding hydrogens is 494 g/mol. The van der Waals surface area contributed by atoms with Gasteiger partial charge in [0.15, 0.2) is 10.9 Å². The maximum Gasteiger partial charge on any atom is 0.266 e. The molecule has 0 aliphatic carbocycles. The Morgan fingerprint density at radius 2 is 0.974 bits per heavy atom. The first-order chi connectivity index (χ1) is 18.5. The number of para-hydroxylation sites is 1. The molecule has 0 spiro atoms. The van der Waals surface area contributed by atoms with Crippen molar-refractivity contribution in [3.8, 4) is 17.2 Å². The van der Waals surface area contributed by atoms with Crippen LogP contribution in [0.1, 0.15) is 50.7 Å². The number of rotatable bonds is 3. The van der Waals surface area contributed by atoms with Crippen LogP contribution in [0, 0.1) is 0 Å². The van der Waals surface area contributed by atoms with Crippen LogP contribution in [-0.4, -0.2) is 14.8 Å². The Morgan fingerprint density at radius 3 is 1.36 bits per heavy atom. The lowest BCUT2D eigenvalue weighted by molar-refractivity contribution is 0.478. The zero-order valence-corrected chi connectivity index (χ0v) is 21.8. The highest BCUT2D eigenvalue weighted by molar-refractivity contribution is 6.15. The van der Waals surface area contributed by atoms with E-state index in [-0.39, 0.29) is 54.9 Å². The maximum atomic E-state index is 13.8. The second-order valence-electron chi connectivity index (χ2n) is 10.6. The van der Waals surface area contributed by atoms with Crippen LogP contribution in [-0.2, 0) is 0 Å². The number of aromatic hydroxyl groups is 2. The second kappa shape index (κ2) is 8.36. The van der Waals surface area contributed by atoms with Gasteiger partial charge in [0.05, 0.1) is 27.2 Å². The predicted molar refractivity (Wildman–Crippen MR) is 155 cm³/mol. The molecule has 7 nitrogen and oxygen atoms in total. The van der Waals surface area contributed by atoms with E-state index in [0.29, 0.717) is 5.69 Å². The molecule has 0 amide bonds. The second-order valence-corrected chi connectivity index (χ2v) is 10.6. The molecule has 0 fully saturated rings. The van der Waals surface area contributed by atoms with E-state index < -0.39 is 33.5 Å². The molecule has 0 saturated carbocycles. The van der Waals surface area contributed by atoms with Crippen molar-refractivity contribution in [2.24, 2.45) is 0 Å². The number of hydrogen-bond acceptors (Lipinski definition) is 6. The minimum absolute atomic E-state index is 0.0149. The molecule has 0 radical (unpaired) electrons. The Kier molecular flexibility index (Phi) is 5.26. The average molecular weight is 520 g/mol. The molecule has 6 aromatic rings. The van der Waals surface area contributed by atoms with Crippen LogP contribution in [0.15, 0.2) is 73.8 Å². The lowest BCUT2D eigenvalue weighted by Gasteiger charge is -2.19. The van der Waals surface area contributed by atoms with Gasteiger partial charge in [0.25, 0.3) is 11.1 Å². The van der Waals surface area contributed by atoms with Gasteiger partial charge in [-0.2, -0.15) is 0 Å². The topological polar surface area (TPSA) is 114 Å². The quantitative estimate of drug-likeness (QED) is 0.249. The summed E-state index contributed by atoms with van der Waals surface area (Å²) in [6.07, 6.45) is 0. The molecule has 2 N–H and O–H groups in total. The van der Waals surface area contributed by atoms with E-state index in [9.17, 15) is 29.4 Å². The lowest BCUT2D eigenvalue weighted by atomic mass is 9.92. The fourth-order valence-corrected chi connectivity index (χ4v) is 5.75. The summed E-state index contributed by atoms with van der Waals surface area (Å²) in [6, 6.07) is 14.6. The Labute approximate surface area is 221 Å². The molecule has 5 aromatic carbocycles. The summed E-state index contributed by atoms with van der Waals surface area (Å²) in [4.78, 5) is 54.9. The summed E-state index contributed by atoms with van der Waals surface area (Å²) in [7, 11) is 0. The van der Waals surface area contributed by atoms with Gasteiger partial charge in [-0.15, -0.1) is 0 Å². The minimum atomic E-state index is -0.704.